The van der Waals surface area contributed by atoms with Crippen LogP contribution >= 0.6 is 23.4 Å². The van der Waals surface area contributed by atoms with Crippen molar-refractivity contribution in [1.29, 1.82) is 0 Å². The van der Waals surface area contributed by atoms with Crippen LogP contribution in [0.15, 0.2) is 58.6 Å². The van der Waals surface area contributed by atoms with Crippen molar-refractivity contribution >= 4 is 33.2 Å². The Hall–Kier alpha value is -2.76. The monoisotopic (exact) mass is 461 g/mol. The van der Waals surface area contributed by atoms with Gasteiger partial charge >= 0.3 is 0 Å². The number of rotatable bonds is 6. The third-order valence-electron chi connectivity index (χ3n) is 4.32. The number of benzene rings is 2. The molecule has 0 atom stereocenters. The first-order chi connectivity index (χ1) is 14.3. The van der Waals surface area contributed by atoms with E-state index in [4.69, 9.17) is 11.6 Å². The van der Waals surface area contributed by atoms with Gasteiger partial charge in [0.1, 0.15) is 0 Å². The van der Waals surface area contributed by atoms with Crippen LogP contribution in [0.1, 0.15) is 5.82 Å². The van der Waals surface area contributed by atoms with Gasteiger partial charge in [-0.05, 0) is 46.8 Å². The van der Waals surface area contributed by atoms with Crippen LogP contribution in [-0.2, 0) is 22.6 Å². The molecule has 0 unspecified atom stereocenters. The zero-order valence-electron chi connectivity index (χ0n) is 16.0. The summed E-state index contributed by atoms with van der Waals surface area (Å²) in [6.07, 6.45) is 1.17. The highest BCUT2D eigenvalue weighted by molar-refractivity contribution is 7.98. The van der Waals surface area contributed by atoms with E-state index in [0.717, 1.165) is 5.56 Å². The minimum atomic E-state index is -3.27. The average Bonchev–Trinajstić information content (AvgIpc) is 3.33. The fraction of sp³-hybridized carbons (Fsp3) is 0.167. The molecule has 0 saturated carbocycles. The summed E-state index contributed by atoms with van der Waals surface area (Å²) in [4.78, 5) is 0.237. The molecule has 12 heteroatoms. The molecule has 0 saturated heterocycles. The van der Waals surface area contributed by atoms with E-state index in [-0.39, 0.29) is 4.90 Å². The summed E-state index contributed by atoms with van der Waals surface area (Å²) >= 11 is 7.70. The Morgan fingerprint density at radius 3 is 2.47 bits per heavy atom. The summed E-state index contributed by atoms with van der Waals surface area (Å²) in [6, 6.07) is 13.8. The fourth-order valence-corrected chi connectivity index (χ4v) is 4.45. The molecule has 154 valence electrons. The maximum Gasteiger partial charge on any atom is 0.191 e. The summed E-state index contributed by atoms with van der Waals surface area (Å²) in [5.41, 5.74) is 1.47. The summed E-state index contributed by atoms with van der Waals surface area (Å²) < 4.78 is 26.7. The van der Waals surface area contributed by atoms with Gasteiger partial charge in [-0.2, -0.15) is 4.68 Å². The number of thioether (sulfide) groups is 1. The van der Waals surface area contributed by atoms with Crippen molar-refractivity contribution in [2.24, 2.45) is 7.05 Å². The Labute approximate surface area is 182 Å². The molecule has 0 aliphatic carbocycles. The highest BCUT2D eigenvalue weighted by atomic mass is 35.5. The van der Waals surface area contributed by atoms with Crippen molar-refractivity contribution in [2.75, 3.05) is 6.26 Å². The lowest BCUT2D eigenvalue weighted by Crippen LogP contribution is -2.04. The Morgan fingerprint density at radius 1 is 1.03 bits per heavy atom. The average molecular weight is 462 g/mol. The molecule has 30 heavy (non-hydrogen) atoms. The normalized spacial score (nSPS) is 11.7. The minimum Gasteiger partial charge on any atom is -0.305 e. The quantitative estimate of drug-likeness (QED) is 0.403. The summed E-state index contributed by atoms with van der Waals surface area (Å²) in [7, 11) is -1.40. The number of hydrogen-bond acceptors (Lipinski definition) is 8. The van der Waals surface area contributed by atoms with Crippen LogP contribution in [0.4, 0.5) is 0 Å². The van der Waals surface area contributed by atoms with Gasteiger partial charge in [0.15, 0.2) is 26.6 Å². The van der Waals surface area contributed by atoms with Crippen LogP contribution < -0.4 is 0 Å². The molecule has 0 aliphatic rings. The molecule has 2 aromatic carbocycles. The van der Waals surface area contributed by atoms with E-state index in [2.05, 4.69) is 25.7 Å². The van der Waals surface area contributed by atoms with Crippen LogP contribution in [0.25, 0.3) is 17.1 Å². The topological polar surface area (TPSA) is 108 Å². The van der Waals surface area contributed by atoms with Crippen LogP contribution in [0.2, 0.25) is 5.02 Å². The van der Waals surface area contributed by atoms with Gasteiger partial charge in [-0.1, -0.05) is 35.5 Å². The Bertz CT molecular complexity index is 1300. The van der Waals surface area contributed by atoms with E-state index < -0.39 is 9.84 Å². The molecule has 0 bridgehead atoms. The maximum absolute atomic E-state index is 11.6. The smallest absolute Gasteiger partial charge is 0.191 e. The molecular formula is C18H16ClN7O2S2. The Morgan fingerprint density at radius 2 is 1.77 bits per heavy atom. The number of halogens is 1. The minimum absolute atomic E-state index is 0.237. The van der Waals surface area contributed by atoms with Gasteiger partial charge in [0.2, 0.25) is 0 Å². The molecule has 0 spiro atoms. The largest absolute Gasteiger partial charge is 0.305 e. The van der Waals surface area contributed by atoms with E-state index >= 15 is 0 Å². The number of hydrogen-bond donors (Lipinski definition) is 0. The molecule has 2 aromatic heterocycles. The highest BCUT2D eigenvalue weighted by Gasteiger charge is 2.16. The number of tetrazole rings is 1. The van der Waals surface area contributed by atoms with E-state index in [0.29, 0.717) is 33.3 Å². The standard InChI is InChI=1S/C18H16ClN7O2S2/c1-25-17(14-5-3-4-6-15(14)19)21-22-18(25)29-11-16-20-23-24-26(16)12-7-9-13(10-8-12)30(2,27)28/h3-10H,11H2,1-2H3. The predicted molar refractivity (Wildman–Crippen MR) is 113 cm³/mol. The summed E-state index contributed by atoms with van der Waals surface area (Å²) in [6.45, 7) is 0. The van der Waals surface area contributed by atoms with Crippen molar-refractivity contribution in [3.8, 4) is 17.1 Å². The van der Waals surface area contributed by atoms with Gasteiger partial charge in [0, 0.05) is 18.9 Å². The third-order valence-corrected chi connectivity index (χ3v) is 6.80. The predicted octanol–water partition coefficient (Wildman–Crippen LogP) is 2.81. The maximum atomic E-state index is 11.6. The zero-order valence-corrected chi connectivity index (χ0v) is 18.4. The SMILES string of the molecule is Cn1c(SCc2nnnn2-c2ccc(S(C)(=O)=O)cc2)nnc1-c1ccccc1Cl. The molecule has 4 aromatic rings. The molecule has 2 heterocycles. The van der Waals surface area contributed by atoms with Gasteiger partial charge in [-0.15, -0.1) is 15.3 Å². The molecule has 9 nitrogen and oxygen atoms in total. The lowest BCUT2D eigenvalue weighted by molar-refractivity contribution is 0.602. The molecule has 4 rings (SSSR count). The van der Waals surface area contributed by atoms with E-state index in [9.17, 15) is 8.42 Å². The van der Waals surface area contributed by atoms with Gasteiger partial charge in [-0.3, -0.25) is 0 Å². The second-order valence-corrected chi connectivity index (χ2v) is 9.77. The van der Waals surface area contributed by atoms with E-state index in [1.807, 2.05) is 35.9 Å². The molecule has 0 amide bonds. The molecule has 0 N–H and O–H groups in total. The number of nitrogens with zero attached hydrogens (tertiary/aromatic N) is 7. The first-order valence-corrected chi connectivity index (χ1v) is 11.9. The lowest BCUT2D eigenvalue weighted by Gasteiger charge is -2.06. The van der Waals surface area contributed by atoms with E-state index in [1.54, 1.807) is 16.8 Å². The van der Waals surface area contributed by atoms with Gasteiger partial charge in [0.05, 0.1) is 21.4 Å². The lowest BCUT2D eigenvalue weighted by atomic mass is 10.2. The van der Waals surface area contributed by atoms with Crippen molar-refractivity contribution in [2.45, 2.75) is 15.8 Å². The first kappa shape index (κ1) is 20.5. The van der Waals surface area contributed by atoms with Crippen LogP contribution in [0.5, 0.6) is 0 Å². The van der Waals surface area contributed by atoms with Crippen LogP contribution in [0, 0.1) is 0 Å². The number of aromatic nitrogens is 7. The molecule has 0 aliphatic heterocycles. The molecule has 0 radical (unpaired) electrons. The first-order valence-electron chi connectivity index (χ1n) is 8.69. The Balaban J connectivity index is 1.54. The second-order valence-electron chi connectivity index (χ2n) is 6.41. The van der Waals surface area contributed by atoms with Crippen molar-refractivity contribution in [1.82, 2.24) is 35.0 Å². The number of sulfone groups is 1. The second kappa shape index (κ2) is 8.17. The van der Waals surface area contributed by atoms with Gasteiger partial charge in [0.25, 0.3) is 0 Å². The van der Waals surface area contributed by atoms with Crippen LogP contribution in [0.3, 0.4) is 0 Å². The highest BCUT2D eigenvalue weighted by Crippen LogP contribution is 2.29. The summed E-state index contributed by atoms with van der Waals surface area (Å²) in [5, 5.41) is 21.6. The van der Waals surface area contributed by atoms with E-state index in [1.165, 1.54) is 30.2 Å². The van der Waals surface area contributed by atoms with Crippen LogP contribution in [-0.4, -0.2) is 49.6 Å². The van der Waals surface area contributed by atoms with Crippen molar-refractivity contribution in [3.05, 3.63) is 59.4 Å². The van der Waals surface area contributed by atoms with Gasteiger partial charge < -0.3 is 4.57 Å². The summed E-state index contributed by atoms with van der Waals surface area (Å²) in [5.74, 6) is 1.70. The molecule has 0 fully saturated rings. The molecular weight excluding hydrogens is 446 g/mol. The zero-order chi connectivity index (χ0) is 21.3. The van der Waals surface area contributed by atoms with Gasteiger partial charge in [-0.25, -0.2) is 8.42 Å². The Kier molecular flexibility index (Phi) is 5.58. The third kappa shape index (κ3) is 4.09. The fourth-order valence-electron chi connectivity index (χ4n) is 2.78. The van der Waals surface area contributed by atoms with Crippen molar-refractivity contribution < 1.29 is 8.42 Å². The van der Waals surface area contributed by atoms with Crippen molar-refractivity contribution in [3.63, 3.8) is 0 Å².